The summed E-state index contributed by atoms with van der Waals surface area (Å²) in [5, 5.41) is 2.23. The average molecular weight is 250 g/mol. The third-order valence-electron chi connectivity index (χ3n) is 3.50. The molecule has 0 saturated carbocycles. The maximum Gasteiger partial charge on any atom is 0.151 e. The van der Waals surface area contributed by atoms with E-state index in [1.165, 1.54) is 0 Å². The zero-order chi connectivity index (χ0) is 13.4. The number of rotatable bonds is 2. The Kier molecular flexibility index (Phi) is 2.67. The fourth-order valence-electron chi connectivity index (χ4n) is 2.58. The molecule has 3 rings (SSSR count). The molecule has 0 unspecified atom stereocenters. The zero-order valence-electron chi connectivity index (χ0n) is 10.9. The van der Waals surface area contributed by atoms with E-state index < -0.39 is 0 Å². The van der Waals surface area contributed by atoms with Crippen molar-refractivity contribution < 1.29 is 4.79 Å². The zero-order valence-corrected chi connectivity index (χ0v) is 10.9. The van der Waals surface area contributed by atoms with E-state index in [4.69, 9.17) is 0 Å². The van der Waals surface area contributed by atoms with Crippen LogP contribution in [0.15, 0.2) is 42.7 Å². The van der Waals surface area contributed by atoms with Gasteiger partial charge in [-0.2, -0.15) is 0 Å². The standard InChI is InChI=1S/C16H14N2O/c1-11-8-14(10-19)12(2)18(11)16-5-3-4-13-9-17-7-6-15(13)16/h3-10H,1-2H3. The summed E-state index contributed by atoms with van der Waals surface area (Å²) in [5.74, 6) is 0. The normalized spacial score (nSPS) is 10.8. The second kappa shape index (κ2) is 4.35. The Morgan fingerprint density at radius 3 is 2.79 bits per heavy atom. The highest BCUT2D eigenvalue weighted by molar-refractivity contribution is 5.90. The molecule has 0 radical (unpaired) electrons. The van der Waals surface area contributed by atoms with Crippen LogP contribution in [0.1, 0.15) is 21.7 Å². The number of carbonyl (C=O) groups is 1. The van der Waals surface area contributed by atoms with Gasteiger partial charge in [0.05, 0.1) is 5.69 Å². The first kappa shape index (κ1) is 11.7. The summed E-state index contributed by atoms with van der Waals surface area (Å²) in [6.07, 6.45) is 4.56. The Morgan fingerprint density at radius 2 is 2.05 bits per heavy atom. The summed E-state index contributed by atoms with van der Waals surface area (Å²) in [4.78, 5) is 15.2. The molecule has 0 fully saturated rings. The lowest BCUT2D eigenvalue weighted by atomic mass is 10.1. The molecule has 0 bridgehead atoms. The Labute approximate surface area is 111 Å². The number of benzene rings is 1. The van der Waals surface area contributed by atoms with Crippen LogP contribution in [0, 0.1) is 13.8 Å². The fraction of sp³-hybridized carbons (Fsp3) is 0.125. The van der Waals surface area contributed by atoms with Gasteiger partial charge in [-0.1, -0.05) is 12.1 Å². The smallest absolute Gasteiger partial charge is 0.151 e. The molecule has 0 amide bonds. The molecule has 0 spiro atoms. The Hall–Kier alpha value is -2.42. The Morgan fingerprint density at radius 1 is 1.21 bits per heavy atom. The van der Waals surface area contributed by atoms with Crippen molar-refractivity contribution in [3.05, 3.63) is 59.7 Å². The van der Waals surface area contributed by atoms with Gasteiger partial charge in [0, 0.05) is 40.1 Å². The number of aryl methyl sites for hydroxylation is 1. The monoisotopic (exact) mass is 250 g/mol. The molecule has 0 aliphatic rings. The minimum absolute atomic E-state index is 0.739. The van der Waals surface area contributed by atoms with Gasteiger partial charge in [0.2, 0.25) is 0 Å². The van der Waals surface area contributed by atoms with Crippen LogP contribution in [0.3, 0.4) is 0 Å². The molecular formula is C16H14N2O. The van der Waals surface area contributed by atoms with E-state index in [1.54, 1.807) is 6.20 Å². The Balaban J connectivity index is 2.37. The molecule has 2 aromatic heterocycles. The van der Waals surface area contributed by atoms with E-state index in [0.717, 1.165) is 39.7 Å². The number of hydrogen-bond acceptors (Lipinski definition) is 2. The van der Waals surface area contributed by atoms with E-state index in [9.17, 15) is 4.79 Å². The van der Waals surface area contributed by atoms with Crippen molar-refractivity contribution in [3.63, 3.8) is 0 Å². The van der Waals surface area contributed by atoms with Crippen molar-refractivity contribution in [3.8, 4) is 5.69 Å². The average Bonchev–Trinajstić information content (AvgIpc) is 2.73. The van der Waals surface area contributed by atoms with Crippen molar-refractivity contribution in [1.82, 2.24) is 9.55 Å². The molecule has 2 heterocycles. The summed E-state index contributed by atoms with van der Waals surface area (Å²) < 4.78 is 2.12. The SMILES string of the molecule is Cc1cc(C=O)c(C)n1-c1cccc2cnccc12. The van der Waals surface area contributed by atoms with Crippen LogP contribution < -0.4 is 0 Å². The first-order valence-electron chi connectivity index (χ1n) is 6.19. The number of nitrogens with zero attached hydrogens (tertiary/aromatic N) is 2. The molecule has 0 aliphatic heterocycles. The van der Waals surface area contributed by atoms with Crippen LogP contribution in [0.2, 0.25) is 0 Å². The summed E-state index contributed by atoms with van der Waals surface area (Å²) in [6.45, 7) is 3.98. The summed E-state index contributed by atoms with van der Waals surface area (Å²) >= 11 is 0. The van der Waals surface area contributed by atoms with Gasteiger partial charge in [0.25, 0.3) is 0 Å². The largest absolute Gasteiger partial charge is 0.317 e. The highest BCUT2D eigenvalue weighted by Gasteiger charge is 2.11. The van der Waals surface area contributed by atoms with Crippen LogP contribution in [0.4, 0.5) is 0 Å². The highest BCUT2D eigenvalue weighted by atomic mass is 16.1. The molecule has 94 valence electrons. The molecule has 1 aromatic carbocycles. The molecule has 0 N–H and O–H groups in total. The van der Waals surface area contributed by atoms with Crippen molar-refractivity contribution in [2.45, 2.75) is 13.8 Å². The lowest BCUT2D eigenvalue weighted by molar-refractivity contribution is 0.112. The van der Waals surface area contributed by atoms with E-state index >= 15 is 0 Å². The van der Waals surface area contributed by atoms with E-state index in [-0.39, 0.29) is 0 Å². The molecule has 0 atom stereocenters. The number of aromatic nitrogens is 2. The van der Waals surface area contributed by atoms with Crippen LogP contribution in [-0.4, -0.2) is 15.8 Å². The van der Waals surface area contributed by atoms with Gasteiger partial charge in [-0.25, -0.2) is 0 Å². The number of carbonyl (C=O) groups excluding carboxylic acids is 1. The second-order valence-electron chi connectivity index (χ2n) is 4.65. The van der Waals surface area contributed by atoms with Gasteiger partial charge in [-0.05, 0) is 32.0 Å². The number of aldehydes is 1. The highest BCUT2D eigenvalue weighted by Crippen LogP contribution is 2.26. The molecule has 3 aromatic rings. The van der Waals surface area contributed by atoms with Crippen molar-refractivity contribution in [1.29, 1.82) is 0 Å². The predicted octanol–water partition coefficient (Wildman–Crippen LogP) is 3.45. The van der Waals surface area contributed by atoms with Gasteiger partial charge >= 0.3 is 0 Å². The lowest BCUT2D eigenvalue weighted by Gasteiger charge is -2.12. The number of hydrogen-bond donors (Lipinski definition) is 0. The van der Waals surface area contributed by atoms with Crippen LogP contribution >= 0.6 is 0 Å². The minimum Gasteiger partial charge on any atom is -0.317 e. The summed E-state index contributed by atoms with van der Waals surface area (Å²) in [7, 11) is 0. The fourth-order valence-corrected chi connectivity index (χ4v) is 2.58. The minimum atomic E-state index is 0.739. The van der Waals surface area contributed by atoms with Crippen molar-refractivity contribution in [2.75, 3.05) is 0 Å². The molecule has 0 aliphatic carbocycles. The molecule has 0 saturated heterocycles. The van der Waals surface area contributed by atoms with E-state index in [1.807, 2.05) is 44.3 Å². The molecule has 3 nitrogen and oxygen atoms in total. The molecule has 3 heteroatoms. The first-order valence-corrected chi connectivity index (χ1v) is 6.19. The number of pyridine rings is 1. The molecule has 19 heavy (non-hydrogen) atoms. The van der Waals surface area contributed by atoms with E-state index in [0.29, 0.717) is 0 Å². The Bertz CT molecular complexity index is 766. The van der Waals surface area contributed by atoms with Crippen LogP contribution in [0.5, 0.6) is 0 Å². The van der Waals surface area contributed by atoms with Crippen molar-refractivity contribution >= 4 is 17.1 Å². The van der Waals surface area contributed by atoms with Crippen molar-refractivity contribution in [2.24, 2.45) is 0 Å². The maximum atomic E-state index is 11.1. The summed E-state index contributed by atoms with van der Waals surface area (Å²) in [5.41, 5.74) is 3.85. The predicted molar refractivity (Wildman–Crippen MR) is 75.9 cm³/mol. The maximum absolute atomic E-state index is 11.1. The summed E-state index contributed by atoms with van der Waals surface area (Å²) in [6, 6.07) is 10.0. The lowest BCUT2D eigenvalue weighted by Crippen LogP contribution is -2.00. The van der Waals surface area contributed by atoms with Gasteiger partial charge in [0.1, 0.15) is 0 Å². The third kappa shape index (κ3) is 1.74. The van der Waals surface area contributed by atoms with Crippen LogP contribution in [-0.2, 0) is 0 Å². The second-order valence-corrected chi connectivity index (χ2v) is 4.65. The van der Waals surface area contributed by atoms with Crippen LogP contribution in [0.25, 0.3) is 16.5 Å². The molecular weight excluding hydrogens is 236 g/mol. The van der Waals surface area contributed by atoms with Gasteiger partial charge < -0.3 is 4.57 Å². The van der Waals surface area contributed by atoms with Gasteiger partial charge in [-0.3, -0.25) is 9.78 Å². The third-order valence-corrected chi connectivity index (χ3v) is 3.50. The quantitative estimate of drug-likeness (QED) is 0.653. The van der Waals surface area contributed by atoms with Gasteiger partial charge in [-0.15, -0.1) is 0 Å². The topological polar surface area (TPSA) is 34.9 Å². The number of fused-ring (bicyclic) bond motifs is 1. The van der Waals surface area contributed by atoms with Gasteiger partial charge in [0.15, 0.2) is 6.29 Å². The van der Waals surface area contributed by atoms with E-state index in [2.05, 4.69) is 15.6 Å². The first-order chi connectivity index (χ1) is 9.22.